The summed E-state index contributed by atoms with van der Waals surface area (Å²) >= 11 is 1.69. The molecule has 0 bridgehead atoms. The number of allylic oxidation sites excluding steroid dienone is 1. The van der Waals surface area contributed by atoms with Crippen LogP contribution in [0.5, 0.6) is 0 Å². The topological polar surface area (TPSA) is 106 Å². The first-order valence-electron chi connectivity index (χ1n) is 13.3. The van der Waals surface area contributed by atoms with Gasteiger partial charge in [0.1, 0.15) is 5.78 Å². The lowest BCUT2D eigenvalue weighted by Gasteiger charge is -2.35. The number of carbonyl (C=O) groups excluding carboxylic acids is 1. The third kappa shape index (κ3) is 8.43. The van der Waals surface area contributed by atoms with Crippen LogP contribution in [0.1, 0.15) is 83.4 Å². The van der Waals surface area contributed by atoms with Crippen molar-refractivity contribution in [2.75, 3.05) is 14.2 Å². The molecule has 5 atom stereocenters. The van der Waals surface area contributed by atoms with Crippen LogP contribution in [-0.4, -0.2) is 53.4 Å². The summed E-state index contributed by atoms with van der Waals surface area (Å²) in [5.41, 5.74) is 2.37. The molecule has 0 fully saturated rings. The number of aliphatic hydroxyl groups is 1. The summed E-state index contributed by atoms with van der Waals surface area (Å²) in [4.78, 5) is 29.0. The summed E-state index contributed by atoms with van der Waals surface area (Å²) in [7, 11) is 3.14. The average Bonchev–Trinajstić information content (AvgIpc) is 3.25. The molecule has 2 N–H and O–H groups in total. The maximum Gasteiger partial charge on any atom is 0.306 e. The van der Waals surface area contributed by atoms with Crippen molar-refractivity contribution in [3.05, 3.63) is 40.4 Å². The summed E-state index contributed by atoms with van der Waals surface area (Å²) in [5, 5.41) is 21.1. The molecule has 0 aliphatic rings. The number of thiazole rings is 1. The van der Waals surface area contributed by atoms with Gasteiger partial charge in [0.15, 0.2) is 0 Å². The molecule has 7 nitrogen and oxygen atoms in total. The zero-order valence-corrected chi connectivity index (χ0v) is 24.9. The first kappa shape index (κ1) is 32.1. The summed E-state index contributed by atoms with van der Waals surface area (Å²) in [6, 6.07) is 6.33. The third-order valence-corrected chi connectivity index (χ3v) is 8.63. The monoisotopic (exact) mass is 547 g/mol. The van der Waals surface area contributed by atoms with Gasteiger partial charge in [-0.15, -0.1) is 11.3 Å². The number of methoxy groups -OCH3 is 2. The SMILES string of the molecule is COC(CC(=O)O)C(C)(C)C(=O)C(C)C(O)C(C)CCC/C(C)=C\C[C@H](OC)c1ccc2sc(C)nc2c1. The van der Waals surface area contributed by atoms with E-state index in [1.165, 1.54) is 17.4 Å². The smallest absolute Gasteiger partial charge is 0.306 e. The van der Waals surface area contributed by atoms with Gasteiger partial charge < -0.3 is 19.7 Å². The number of carboxylic acid groups (broad SMARTS) is 1. The van der Waals surface area contributed by atoms with Gasteiger partial charge >= 0.3 is 5.97 Å². The molecule has 0 aliphatic carbocycles. The maximum atomic E-state index is 13.2. The standard InChI is InChI=1S/C30H45NO6S/c1-18(12-14-24(36-7)22-13-15-25-23(16-22)31-21(4)38-25)10-9-11-19(2)28(34)20(3)29(35)30(5,6)26(37-8)17-27(32)33/h12-13,15-16,19-20,24,26,28,34H,9-11,14,17H2,1-8H3,(H,32,33)/b18-12-/t19?,20?,24-,26?,28?/m0/s1. The molecule has 212 valence electrons. The van der Waals surface area contributed by atoms with Crippen molar-refractivity contribution in [3.63, 3.8) is 0 Å². The van der Waals surface area contributed by atoms with Gasteiger partial charge in [-0.3, -0.25) is 9.59 Å². The van der Waals surface area contributed by atoms with E-state index in [2.05, 4.69) is 36.2 Å². The number of carbonyl (C=O) groups is 2. The van der Waals surface area contributed by atoms with Gasteiger partial charge in [0, 0.05) is 20.1 Å². The number of carboxylic acids is 1. The van der Waals surface area contributed by atoms with E-state index in [9.17, 15) is 14.7 Å². The van der Waals surface area contributed by atoms with Gasteiger partial charge in [0.2, 0.25) is 0 Å². The number of aliphatic hydroxyl groups excluding tert-OH is 1. The number of ketones is 1. The Morgan fingerprint density at radius 1 is 1.18 bits per heavy atom. The van der Waals surface area contributed by atoms with E-state index in [0.717, 1.165) is 41.8 Å². The summed E-state index contributed by atoms with van der Waals surface area (Å²) < 4.78 is 12.3. The molecule has 2 aromatic rings. The molecule has 0 aliphatic heterocycles. The number of nitrogens with zero attached hydrogens (tertiary/aromatic N) is 1. The van der Waals surface area contributed by atoms with Crippen LogP contribution in [0.2, 0.25) is 0 Å². The molecule has 1 aromatic heterocycles. The average molecular weight is 548 g/mol. The number of hydrogen-bond donors (Lipinski definition) is 2. The van der Waals surface area contributed by atoms with Crippen LogP contribution in [0.15, 0.2) is 29.8 Å². The van der Waals surface area contributed by atoms with Crippen molar-refractivity contribution in [3.8, 4) is 0 Å². The Hall–Kier alpha value is -2.13. The number of fused-ring (bicyclic) bond motifs is 1. The molecular weight excluding hydrogens is 502 g/mol. The zero-order valence-electron chi connectivity index (χ0n) is 24.1. The Morgan fingerprint density at radius 2 is 1.87 bits per heavy atom. The highest BCUT2D eigenvalue weighted by Gasteiger charge is 2.42. The lowest BCUT2D eigenvalue weighted by Crippen LogP contribution is -2.46. The van der Waals surface area contributed by atoms with Gasteiger partial charge in [-0.25, -0.2) is 4.98 Å². The highest BCUT2D eigenvalue weighted by Crippen LogP contribution is 2.33. The van der Waals surface area contributed by atoms with Crippen LogP contribution < -0.4 is 0 Å². The molecule has 0 saturated heterocycles. The highest BCUT2D eigenvalue weighted by molar-refractivity contribution is 7.18. The van der Waals surface area contributed by atoms with Crippen LogP contribution in [0.25, 0.3) is 10.2 Å². The van der Waals surface area contributed by atoms with Crippen molar-refractivity contribution in [1.82, 2.24) is 4.98 Å². The number of hydrogen-bond acceptors (Lipinski definition) is 7. The third-order valence-electron chi connectivity index (χ3n) is 7.68. The molecule has 1 heterocycles. The van der Waals surface area contributed by atoms with Crippen molar-refractivity contribution >= 4 is 33.3 Å². The van der Waals surface area contributed by atoms with Crippen molar-refractivity contribution in [2.24, 2.45) is 17.3 Å². The number of benzene rings is 1. The van der Waals surface area contributed by atoms with E-state index in [0.29, 0.717) is 0 Å². The van der Waals surface area contributed by atoms with Crippen LogP contribution >= 0.6 is 11.3 Å². The molecule has 0 amide bonds. The second-order valence-corrected chi connectivity index (χ2v) is 12.3. The van der Waals surface area contributed by atoms with Crippen LogP contribution in [0.4, 0.5) is 0 Å². The van der Waals surface area contributed by atoms with E-state index in [-0.39, 0.29) is 24.2 Å². The Morgan fingerprint density at radius 3 is 2.47 bits per heavy atom. The first-order valence-corrected chi connectivity index (χ1v) is 14.2. The predicted octanol–water partition coefficient (Wildman–Crippen LogP) is 6.52. The van der Waals surface area contributed by atoms with Crippen LogP contribution in [-0.2, 0) is 19.1 Å². The number of aromatic nitrogens is 1. The largest absolute Gasteiger partial charge is 0.481 e. The fourth-order valence-corrected chi connectivity index (χ4v) is 5.90. The molecule has 4 unspecified atom stereocenters. The number of rotatable bonds is 16. The molecule has 2 rings (SSSR count). The Labute approximate surface area is 231 Å². The zero-order chi connectivity index (χ0) is 28.6. The van der Waals surface area contributed by atoms with E-state index in [4.69, 9.17) is 14.6 Å². The van der Waals surface area contributed by atoms with Crippen LogP contribution in [0, 0.1) is 24.2 Å². The van der Waals surface area contributed by atoms with Crippen LogP contribution in [0.3, 0.4) is 0 Å². The lowest BCUT2D eigenvalue weighted by molar-refractivity contribution is -0.149. The van der Waals surface area contributed by atoms with E-state index < -0.39 is 29.5 Å². The Balaban J connectivity index is 1.89. The number of aliphatic carboxylic acids is 1. The Kier molecular flexibility index (Phi) is 12.1. The van der Waals surface area contributed by atoms with E-state index in [1.807, 2.05) is 13.8 Å². The minimum absolute atomic E-state index is 0.0376. The highest BCUT2D eigenvalue weighted by atomic mass is 32.1. The van der Waals surface area contributed by atoms with Crippen molar-refractivity contribution in [1.29, 1.82) is 0 Å². The summed E-state index contributed by atoms with van der Waals surface area (Å²) in [5.74, 6) is -1.89. The lowest BCUT2D eigenvalue weighted by atomic mass is 9.73. The number of ether oxygens (including phenoxy) is 2. The summed E-state index contributed by atoms with van der Waals surface area (Å²) in [6.45, 7) is 11.2. The normalized spacial score (nSPS) is 16.7. The van der Waals surface area contributed by atoms with Gasteiger partial charge in [0.05, 0.1) is 45.4 Å². The van der Waals surface area contributed by atoms with Gasteiger partial charge in [-0.05, 0) is 63.1 Å². The molecular formula is C30H45NO6S. The fraction of sp³-hybridized carbons (Fsp3) is 0.633. The molecule has 8 heteroatoms. The van der Waals surface area contributed by atoms with E-state index in [1.54, 1.807) is 39.2 Å². The van der Waals surface area contributed by atoms with E-state index >= 15 is 0 Å². The maximum absolute atomic E-state index is 13.2. The predicted molar refractivity (Wildman–Crippen MR) is 153 cm³/mol. The summed E-state index contributed by atoms with van der Waals surface area (Å²) in [6.07, 6.45) is 3.69. The quantitative estimate of drug-likeness (QED) is 0.231. The van der Waals surface area contributed by atoms with Crippen molar-refractivity contribution in [2.45, 2.75) is 92.0 Å². The minimum Gasteiger partial charge on any atom is -0.481 e. The second-order valence-electron chi connectivity index (χ2n) is 11.0. The van der Waals surface area contributed by atoms with Crippen molar-refractivity contribution < 1.29 is 29.3 Å². The van der Waals surface area contributed by atoms with Gasteiger partial charge in [-0.1, -0.05) is 45.4 Å². The Bertz CT molecular complexity index is 1110. The molecule has 0 spiro atoms. The molecule has 0 radical (unpaired) electrons. The van der Waals surface area contributed by atoms with Gasteiger partial charge in [0.25, 0.3) is 0 Å². The first-order chi connectivity index (χ1) is 17.8. The second kappa shape index (κ2) is 14.3. The van der Waals surface area contributed by atoms with Gasteiger partial charge in [-0.2, -0.15) is 0 Å². The fourth-order valence-electron chi connectivity index (χ4n) is 5.10. The molecule has 1 aromatic carbocycles. The molecule has 38 heavy (non-hydrogen) atoms. The number of Topliss-reactive ketones (excluding diaryl/α,β-unsaturated/α-hetero) is 1. The number of aryl methyl sites for hydroxylation is 1. The minimum atomic E-state index is -1.02. The molecule has 0 saturated carbocycles.